The Labute approximate surface area is 70.7 Å². The van der Waals surface area contributed by atoms with Crippen LogP contribution in [0.15, 0.2) is 4.52 Å². The lowest BCUT2D eigenvalue weighted by Gasteiger charge is -2.08. The van der Waals surface area contributed by atoms with Crippen LogP contribution < -0.4 is 0 Å². The Morgan fingerprint density at radius 2 is 2.00 bits per heavy atom. The van der Waals surface area contributed by atoms with Gasteiger partial charge in [-0.3, -0.25) is 0 Å². The maximum absolute atomic E-state index is 5.49. The lowest BCUT2D eigenvalue weighted by molar-refractivity contribution is 0.331. The molecule has 0 N–H and O–H groups in total. The molecule has 0 bridgehead atoms. The van der Waals surface area contributed by atoms with Crippen LogP contribution in [0.5, 0.6) is 0 Å². The monoisotopic (exact) mass is 174 g/mol. The first-order valence-corrected chi connectivity index (χ1v) is 3.98. The quantitative estimate of drug-likeness (QED) is 0.692. The van der Waals surface area contributed by atoms with Crippen molar-refractivity contribution in [2.24, 2.45) is 5.92 Å². The van der Waals surface area contributed by atoms with Gasteiger partial charge >= 0.3 is 0 Å². The van der Waals surface area contributed by atoms with Crippen molar-refractivity contribution < 1.29 is 4.52 Å². The number of hydrogen-bond acceptors (Lipinski definition) is 3. The molecule has 1 unspecified atom stereocenters. The summed E-state index contributed by atoms with van der Waals surface area (Å²) in [6.07, 6.45) is 0. The predicted octanol–water partition coefficient (Wildman–Crippen LogP) is 2.48. The van der Waals surface area contributed by atoms with E-state index in [9.17, 15) is 0 Å². The van der Waals surface area contributed by atoms with E-state index in [1.54, 1.807) is 0 Å². The van der Waals surface area contributed by atoms with Crippen LogP contribution in [-0.4, -0.2) is 10.1 Å². The van der Waals surface area contributed by atoms with Gasteiger partial charge in [0, 0.05) is 5.92 Å². The number of hydrogen-bond donors (Lipinski definition) is 0. The van der Waals surface area contributed by atoms with Gasteiger partial charge in [-0.15, -0.1) is 0 Å². The van der Waals surface area contributed by atoms with Crippen molar-refractivity contribution in [1.82, 2.24) is 10.1 Å². The highest BCUT2D eigenvalue weighted by atomic mass is 35.5. The summed E-state index contributed by atoms with van der Waals surface area (Å²) in [5.74, 6) is 1.38. The van der Waals surface area contributed by atoms with E-state index in [1.165, 1.54) is 0 Å². The van der Waals surface area contributed by atoms with Gasteiger partial charge in [0.05, 0.1) is 0 Å². The molecule has 1 heterocycles. The normalized spacial score (nSPS) is 13.9. The van der Waals surface area contributed by atoms with E-state index in [4.69, 9.17) is 16.1 Å². The van der Waals surface area contributed by atoms with Crippen molar-refractivity contribution in [2.45, 2.75) is 26.7 Å². The summed E-state index contributed by atoms with van der Waals surface area (Å²) >= 11 is 5.49. The minimum Gasteiger partial charge on any atom is -0.338 e. The zero-order valence-corrected chi connectivity index (χ0v) is 7.59. The molecule has 0 aliphatic heterocycles. The van der Waals surface area contributed by atoms with Crippen LogP contribution in [0.25, 0.3) is 0 Å². The molecule has 0 fully saturated rings. The molecule has 0 radical (unpaired) electrons. The van der Waals surface area contributed by atoms with E-state index in [-0.39, 0.29) is 11.2 Å². The Morgan fingerprint density at radius 1 is 1.36 bits per heavy atom. The van der Waals surface area contributed by atoms with Gasteiger partial charge in [0.15, 0.2) is 0 Å². The van der Waals surface area contributed by atoms with Crippen molar-refractivity contribution in [2.75, 3.05) is 0 Å². The second-order valence-electron chi connectivity index (χ2n) is 2.93. The van der Waals surface area contributed by atoms with Crippen molar-refractivity contribution in [1.29, 1.82) is 0 Å². The summed E-state index contributed by atoms with van der Waals surface area (Å²) in [6, 6.07) is 0. The summed E-state index contributed by atoms with van der Waals surface area (Å²) in [4.78, 5) is 3.92. The molecule has 11 heavy (non-hydrogen) atoms. The third-order valence-corrected chi connectivity index (χ3v) is 1.96. The maximum atomic E-state index is 5.49. The van der Waals surface area contributed by atoms with Crippen LogP contribution in [-0.2, 0) is 0 Å². The van der Waals surface area contributed by atoms with E-state index >= 15 is 0 Å². The predicted molar refractivity (Wildman–Crippen MR) is 42.6 cm³/mol. The van der Waals surface area contributed by atoms with Gasteiger partial charge in [-0.1, -0.05) is 20.8 Å². The fourth-order valence-electron chi connectivity index (χ4n) is 0.686. The Morgan fingerprint density at radius 3 is 2.36 bits per heavy atom. The molecule has 4 heteroatoms. The number of aromatic nitrogens is 2. The molecule has 0 amide bonds. The first-order valence-electron chi connectivity index (χ1n) is 3.60. The summed E-state index contributed by atoms with van der Waals surface area (Å²) in [5, 5.41) is 3.69. The van der Waals surface area contributed by atoms with Gasteiger partial charge in [-0.05, 0) is 22.7 Å². The highest BCUT2D eigenvalue weighted by molar-refractivity contribution is 6.28. The Bertz CT molecular complexity index is 234. The first-order chi connectivity index (χ1) is 5.11. The molecule has 1 aromatic heterocycles. The topological polar surface area (TPSA) is 38.9 Å². The van der Waals surface area contributed by atoms with Crippen molar-refractivity contribution in [3.8, 4) is 0 Å². The van der Waals surface area contributed by atoms with Crippen molar-refractivity contribution >= 4 is 11.6 Å². The average molecular weight is 175 g/mol. The largest absolute Gasteiger partial charge is 0.338 e. The summed E-state index contributed by atoms with van der Waals surface area (Å²) in [7, 11) is 0. The Hall–Kier alpha value is -0.570. The molecule has 62 valence electrons. The number of nitrogens with zero attached hydrogens (tertiary/aromatic N) is 2. The minimum absolute atomic E-state index is 0.188. The standard InChI is InChI=1S/C7H11ClN2O/c1-4(2)5(3)6-9-7(8)10-11-6/h4-5H,1-3H3. The van der Waals surface area contributed by atoms with Gasteiger partial charge in [0.1, 0.15) is 0 Å². The van der Waals surface area contributed by atoms with E-state index in [0.717, 1.165) is 0 Å². The van der Waals surface area contributed by atoms with Crippen LogP contribution in [0.1, 0.15) is 32.6 Å². The second-order valence-corrected chi connectivity index (χ2v) is 3.27. The van der Waals surface area contributed by atoms with Gasteiger partial charge in [-0.2, -0.15) is 4.98 Å². The summed E-state index contributed by atoms with van der Waals surface area (Å²) < 4.78 is 4.89. The molecule has 0 saturated carbocycles. The molecule has 0 aromatic carbocycles. The van der Waals surface area contributed by atoms with Crippen molar-refractivity contribution in [3.63, 3.8) is 0 Å². The molecular formula is C7H11ClN2O. The van der Waals surface area contributed by atoms with Crippen LogP contribution in [0.4, 0.5) is 0 Å². The maximum Gasteiger partial charge on any atom is 0.263 e. The van der Waals surface area contributed by atoms with Crippen LogP contribution in [0.3, 0.4) is 0 Å². The molecular weight excluding hydrogens is 164 g/mol. The molecule has 1 aromatic rings. The number of rotatable bonds is 2. The second kappa shape index (κ2) is 3.22. The molecule has 1 atom stereocenters. The third-order valence-electron chi connectivity index (χ3n) is 1.81. The average Bonchev–Trinajstić information content (AvgIpc) is 2.34. The number of halogens is 1. The van der Waals surface area contributed by atoms with Gasteiger partial charge < -0.3 is 4.52 Å². The molecule has 3 nitrogen and oxygen atoms in total. The molecule has 0 aliphatic rings. The van der Waals surface area contributed by atoms with Crippen LogP contribution in [0.2, 0.25) is 5.28 Å². The molecule has 0 spiro atoms. The molecule has 1 rings (SSSR count). The SMILES string of the molecule is CC(C)C(C)c1nc(Cl)no1. The summed E-state index contributed by atoms with van der Waals surface area (Å²) in [6.45, 7) is 6.24. The molecule has 0 aliphatic carbocycles. The Kier molecular flexibility index (Phi) is 2.49. The third kappa shape index (κ3) is 1.93. The van der Waals surface area contributed by atoms with Gasteiger partial charge in [-0.25, -0.2) is 0 Å². The lowest BCUT2D eigenvalue weighted by atomic mass is 9.98. The smallest absolute Gasteiger partial charge is 0.263 e. The zero-order valence-electron chi connectivity index (χ0n) is 6.84. The highest BCUT2D eigenvalue weighted by Gasteiger charge is 2.16. The first kappa shape index (κ1) is 8.53. The fourth-order valence-corrected chi connectivity index (χ4v) is 0.804. The van der Waals surface area contributed by atoms with Gasteiger partial charge in [0.2, 0.25) is 5.89 Å². The zero-order chi connectivity index (χ0) is 8.43. The lowest BCUT2D eigenvalue weighted by Crippen LogP contribution is -2.01. The van der Waals surface area contributed by atoms with Crippen LogP contribution >= 0.6 is 11.6 Å². The Balaban J connectivity index is 2.76. The van der Waals surface area contributed by atoms with E-state index in [0.29, 0.717) is 11.8 Å². The highest BCUT2D eigenvalue weighted by Crippen LogP contribution is 2.22. The van der Waals surface area contributed by atoms with E-state index < -0.39 is 0 Å². The fraction of sp³-hybridized carbons (Fsp3) is 0.714. The molecule has 0 saturated heterocycles. The van der Waals surface area contributed by atoms with Crippen molar-refractivity contribution in [3.05, 3.63) is 11.2 Å². The minimum atomic E-state index is 0.188. The van der Waals surface area contributed by atoms with Gasteiger partial charge in [0.25, 0.3) is 5.28 Å². The van der Waals surface area contributed by atoms with E-state index in [1.807, 2.05) is 6.92 Å². The van der Waals surface area contributed by atoms with Crippen LogP contribution in [0, 0.1) is 5.92 Å². The van der Waals surface area contributed by atoms with E-state index in [2.05, 4.69) is 24.0 Å². The summed E-state index contributed by atoms with van der Waals surface area (Å²) in [5.41, 5.74) is 0.